The van der Waals surface area contributed by atoms with Crippen LogP contribution in [-0.2, 0) is 9.59 Å². The van der Waals surface area contributed by atoms with Gasteiger partial charge in [-0.3, -0.25) is 14.4 Å². The average molecular weight is 387 g/mol. The summed E-state index contributed by atoms with van der Waals surface area (Å²) < 4.78 is 26.9. The Morgan fingerprint density at radius 2 is 1.93 bits per heavy atom. The van der Waals surface area contributed by atoms with Gasteiger partial charge in [0.05, 0.1) is 16.9 Å². The molecule has 0 fully saturated rings. The molecule has 6 nitrogen and oxygen atoms in total. The van der Waals surface area contributed by atoms with E-state index < -0.39 is 29.5 Å². The van der Waals surface area contributed by atoms with Gasteiger partial charge in [-0.1, -0.05) is 12.1 Å². The molecule has 1 aliphatic heterocycles. The van der Waals surface area contributed by atoms with Gasteiger partial charge >= 0.3 is 0 Å². The molecule has 0 bridgehead atoms. The minimum atomic E-state index is -0.993. The van der Waals surface area contributed by atoms with Crippen LogP contribution >= 0.6 is 0 Å². The second kappa shape index (κ2) is 7.75. The highest BCUT2D eigenvalue weighted by molar-refractivity contribution is 6.06. The van der Waals surface area contributed by atoms with Crippen LogP contribution in [0.3, 0.4) is 0 Å². The fourth-order valence-corrected chi connectivity index (χ4v) is 3.19. The number of benzene rings is 2. The molecule has 0 radical (unpaired) electrons. The van der Waals surface area contributed by atoms with E-state index in [4.69, 9.17) is 0 Å². The van der Waals surface area contributed by atoms with Crippen molar-refractivity contribution in [1.82, 2.24) is 4.90 Å². The standard InChI is InChI=1S/C20H19F2N3O3/c1-12-9-18(26)23-16-5-3-4-6-17(16)25(12)19(27)11-24(2)20(28)14-8-7-13(21)10-15(14)22/h3-8,10,12H,9,11H2,1-2H3,(H,23,26). The zero-order chi connectivity index (χ0) is 20.4. The van der Waals surface area contributed by atoms with Crippen molar-refractivity contribution in [3.8, 4) is 0 Å². The van der Waals surface area contributed by atoms with E-state index in [1.807, 2.05) is 0 Å². The Labute approximate surface area is 160 Å². The van der Waals surface area contributed by atoms with Crippen LogP contribution in [0.2, 0.25) is 0 Å². The van der Waals surface area contributed by atoms with E-state index in [0.29, 0.717) is 17.4 Å². The van der Waals surface area contributed by atoms with Crippen LogP contribution in [0.5, 0.6) is 0 Å². The smallest absolute Gasteiger partial charge is 0.257 e. The fraction of sp³-hybridized carbons (Fsp3) is 0.250. The van der Waals surface area contributed by atoms with Crippen LogP contribution in [0, 0.1) is 11.6 Å². The number of amides is 3. The number of carbonyl (C=O) groups excluding carboxylic acids is 3. The molecule has 0 spiro atoms. The average Bonchev–Trinajstić information content (AvgIpc) is 2.75. The maximum absolute atomic E-state index is 13.9. The van der Waals surface area contributed by atoms with Gasteiger partial charge in [-0.05, 0) is 31.2 Å². The zero-order valence-corrected chi connectivity index (χ0v) is 15.4. The SMILES string of the molecule is CC1CC(=O)Nc2ccccc2N1C(=O)CN(C)C(=O)c1ccc(F)cc1F. The van der Waals surface area contributed by atoms with Gasteiger partial charge in [-0.15, -0.1) is 0 Å². The molecule has 1 unspecified atom stereocenters. The number of halogens is 2. The van der Waals surface area contributed by atoms with E-state index in [1.54, 1.807) is 31.2 Å². The van der Waals surface area contributed by atoms with Gasteiger partial charge in [0.25, 0.3) is 5.91 Å². The Hall–Kier alpha value is -3.29. The quantitative estimate of drug-likeness (QED) is 0.881. The molecule has 1 atom stereocenters. The molecule has 0 aliphatic carbocycles. The summed E-state index contributed by atoms with van der Waals surface area (Å²) in [5, 5.41) is 2.75. The second-order valence-corrected chi connectivity index (χ2v) is 6.67. The Kier molecular flexibility index (Phi) is 5.39. The van der Waals surface area contributed by atoms with Crippen LogP contribution in [-0.4, -0.2) is 42.3 Å². The molecule has 28 heavy (non-hydrogen) atoms. The summed E-state index contributed by atoms with van der Waals surface area (Å²) in [6, 6.07) is 9.09. The minimum absolute atomic E-state index is 0.102. The van der Waals surface area contributed by atoms with E-state index in [0.717, 1.165) is 17.0 Å². The lowest BCUT2D eigenvalue weighted by molar-refractivity contribution is -0.119. The summed E-state index contributed by atoms with van der Waals surface area (Å²) in [6.45, 7) is 1.41. The van der Waals surface area contributed by atoms with Crippen LogP contribution in [0.25, 0.3) is 0 Å². The number of para-hydroxylation sites is 2. The largest absolute Gasteiger partial charge is 0.332 e. The molecule has 0 saturated carbocycles. The molecule has 1 aliphatic rings. The van der Waals surface area contributed by atoms with Crippen LogP contribution in [0.1, 0.15) is 23.7 Å². The van der Waals surface area contributed by atoms with Gasteiger partial charge in [0.2, 0.25) is 11.8 Å². The third kappa shape index (κ3) is 3.85. The van der Waals surface area contributed by atoms with Crippen molar-refractivity contribution in [1.29, 1.82) is 0 Å². The molecule has 8 heteroatoms. The van der Waals surface area contributed by atoms with Crippen molar-refractivity contribution < 1.29 is 23.2 Å². The predicted octanol–water partition coefficient (Wildman–Crippen LogP) is 2.80. The van der Waals surface area contributed by atoms with Crippen molar-refractivity contribution in [2.45, 2.75) is 19.4 Å². The summed E-state index contributed by atoms with van der Waals surface area (Å²) in [4.78, 5) is 40.0. The number of anilines is 2. The predicted molar refractivity (Wildman–Crippen MR) is 100.0 cm³/mol. The molecule has 0 saturated heterocycles. The Morgan fingerprint density at radius 3 is 2.64 bits per heavy atom. The Bertz CT molecular complexity index is 948. The highest BCUT2D eigenvalue weighted by Gasteiger charge is 2.31. The van der Waals surface area contributed by atoms with Crippen LogP contribution in [0.4, 0.5) is 20.2 Å². The summed E-state index contributed by atoms with van der Waals surface area (Å²) in [6.07, 6.45) is 0.102. The van der Waals surface area contributed by atoms with Gasteiger partial charge in [0, 0.05) is 25.6 Å². The first-order valence-electron chi connectivity index (χ1n) is 8.69. The van der Waals surface area contributed by atoms with Crippen LogP contribution in [0.15, 0.2) is 42.5 Å². The van der Waals surface area contributed by atoms with Crippen molar-refractivity contribution in [2.75, 3.05) is 23.8 Å². The number of likely N-dealkylation sites (N-methyl/N-ethyl adjacent to an activating group) is 1. The summed E-state index contributed by atoms with van der Waals surface area (Å²) in [5.41, 5.74) is 0.710. The maximum atomic E-state index is 13.9. The van der Waals surface area contributed by atoms with Crippen molar-refractivity contribution >= 4 is 29.1 Å². The first kappa shape index (κ1) is 19.5. The normalized spacial score (nSPS) is 16.1. The zero-order valence-electron chi connectivity index (χ0n) is 15.4. The van der Waals surface area contributed by atoms with E-state index in [-0.39, 0.29) is 24.4 Å². The summed E-state index contributed by atoms with van der Waals surface area (Å²) >= 11 is 0. The number of hydrogen-bond donors (Lipinski definition) is 1. The van der Waals surface area contributed by atoms with Crippen molar-refractivity contribution in [3.63, 3.8) is 0 Å². The van der Waals surface area contributed by atoms with Gasteiger partial charge in [-0.2, -0.15) is 0 Å². The van der Waals surface area contributed by atoms with E-state index in [9.17, 15) is 23.2 Å². The number of hydrogen-bond acceptors (Lipinski definition) is 3. The lowest BCUT2D eigenvalue weighted by atomic mass is 10.1. The maximum Gasteiger partial charge on any atom is 0.257 e. The highest BCUT2D eigenvalue weighted by Crippen LogP contribution is 2.31. The lowest BCUT2D eigenvalue weighted by Gasteiger charge is -2.29. The molecule has 146 valence electrons. The molecule has 1 N–H and O–H groups in total. The molecule has 2 aromatic rings. The highest BCUT2D eigenvalue weighted by atomic mass is 19.1. The lowest BCUT2D eigenvalue weighted by Crippen LogP contribution is -2.45. The van der Waals surface area contributed by atoms with Crippen LogP contribution < -0.4 is 10.2 Å². The summed E-state index contributed by atoms with van der Waals surface area (Å²) in [7, 11) is 1.36. The first-order valence-corrected chi connectivity index (χ1v) is 8.69. The molecule has 2 aromatic carbocycles. The number of carbonyl (C=O) groups is 3. The first-order chi connectivity index (χ1) is 13.3. The molecule has 3 rings (SSSR count). The monoisotopic (exact) mass is 387 g/mol. The Morgan fingerprint density at radius 1 is 1.21 bits per heavy atom. The minimum Gasteiger partial charge on any atom is -0.332 e. The van der Waals surface area contributed by atoms with Crippen molar-refractivity contribution in [3.05, 3.63) is 59.7 Å². The molecular weight excluding hydrogens is 368 g/mol. The van der Waals surface area contributed by atoms with E-state index in [2.05, 4.69) is 5.32 Å². The molecular formula is C20H19F2N3O3. The third-order valence-electron chi connectivity index (χ3n) is 4.51. The second-order valence-electron chi connectivity index (χ2n) is 6.67. The molecule has 1 heterocycles. The number of rotatable bonds is 3. The van der Waals surface area contributed by atoms with E-state index >= 15 is 0 Å². The fourth-order valence-electron chi connectivity index (χ4n) is 3.19. The third-order valence-corrected chi connectivity index (χ3v) is 4.51. The summed E-state index contributed by atoms with van der Waals surface area (Å²) in [5.74, 6) is -3.16. The molecule has 3 amide bonds. The number of fused-ring (bicyclic) bond motifs is 1. The number of nitrogens with zero attached hydrogens (tertiary/aromatic N) is 2. The van der Waals surface area contributed by atoms with Gasteiger partial charge < -0.3 is 15.1 Å². The topological polar surface area (TPSA) is 69.7 Å². The number of nitrogens with one attached hydrogen (secondary N) is 1. The Balaban J connectivity index is 1.83. The van der Waals surface area contributed by atoms with Gasteiger partial charge in [0.1, 0.15) is 18.2 Å². The van der Waals surface area contributed by atoms with Gasteiger partial charge in [-0.25, -0.2) is 8.78 Å². The van der Waals surface area contributed by atoms with Gasteiger partial charge in [0.15, 0.2) is 0 Å². The van der Waals surface area contributed by atoms with Crippen molar-refractivity contribution in [2.24, 2.45) is 0 Å². The van der Waals surface area contributed by atoms with E-state index in [1.165, 1.54) is 11.9 Å². The molecule has 0 aromatic heterocycles.